The molecule has 1 saturated heterocycles. The monoisotopic (exact) mass is 505 g/mol. The molecule has 1 N–H and O–H groups in total. The van der Waals surface area contributed by atoms with Crippen molar-refractivity contribution in [2.24, 2.45) is 0 Å². The van der Waals surface area contributed by atoms with E-state index in [9.17, 15) is 27.9 Å². The number of aromatic hydroxyl groups is 1. The van der Waals surface area contributed by atoms with Crippen LogP contribution in [0.3, 0.4) is 0 Å². The Morgan fingerprint density at radius 1 is 1.08 bits per heavy atom. The Kier molecular flexibility index (Phi) is 7.48. The molecule has 0 radical (unpaired) electrons. The average molecular weight is 505 g/mol. The van der Waals surface area contributed by atoms with E-state index in [2.05, 4.69) is 14.6 Å². The molecular formula is C25H26F3N3O5. The van der Waals surface area contributed by atoms with E-state index in [1.807, 2.05) is 0 Å². The first-order valence-corrected chi connectivity index (χ1v) is 11.6. The molecule has 192 valence electrons. The molecule has 1 aliphatic rings. The van der Waals surface area contributed by atoms with Crippen LogP contribution in [0.2, 0.25) is 0 Å². The van der Waals surface area contributed by atoms with Crippen molar-refractivity contribution in [3.8, 4) is 22.9 Å². The van der Waals surface area contributed by atoms with E-state index in [0.717, 1.165) is 32.1 Å². The third-order valence-corrected chi connectivity index (χ3v) is 6.01. The highest BCUT2D eigenvalue weighted by Gasteiger charge is 2.42. The molecule has 8 nitrogen and oxygen atoms in total. The van der Waals surface area contributed by atoms with Crippen molar-refractivity contribution in [2.75, 3.05) is 26.2 Å². The number of fused-ring (bicyclic) bond motifs is 1. The van der Waals surface area contributed by atoms with E-state index in [-0.39, 0.29) is 10.9 Å². The standard InChI is InChI=1S/C25H26F3N3O5/c1-16-29-19-10-11-20(36-24(34)25(26,27)28)22(32)21(19)23(33)31(16)17-6-8-18(9-7-17)35-15-5-14-30-12-3-2-4-13-30/h6-11,32H,2-5,12-15H2,1H3. The third kappa shape index (κ3) is 5.62. The number of carbonyl (C=O) groups is 1. The van der Waals surface area contributed by atoms with Crippen LogP contribution in [0.1, 0.15) is 31.5 Å². The number of nitrogens with zero attached hydrogens (tertiary/aromatic N) is 3. The number of benzene rings is 2. The number of carbonyl (C=O) groups excluding carboxylic acids is 1. The lowest BCUT2D eigenvalue weighted by Gasteiger charge is -2.26. The van der Waals surface area contributed by atoms with Crippen LogP contribution in [-0.2, 0) is 4.79 Å². The smallest absolute Gasteiger partial charge is 0.491 e. The van der Waals surface area contributed by atoms with Crippen molar-refractivity contribution in [1.29, 1.82) is 0 Å². The molecule has 1 aliphatic heterocycles. The number of esters is 1. The van der Waals surface area contributed by atoms with E-state index in [1.165, 1.54) is 29.9 Å². The number of aromatic nitrogens is 2. The largest absolute Gasteiger partial charge is 0.504 e. The number of piperidine rings is 1. The van der Waals surface area contributed by atoms with Crippen LogP contribution in [-0.4, -0.2) is 57.9 Å². The molecule has 0 bridgehead atoms. The lowest BCUT2D eigenvalue weighted by Crippen LogP contribution is -2.31. The number of rotatable bonds is 7. The van der Waals surface area contributed by atoms with E-state index < -0.39 is 29.2 Å². The summed E-state index contributed by atoms with van der Waals surface area (Å²) in [5.41, 5.74) is -0.258. The van der Waals surface area contributed by atoms with Gasteiger partial charge in [-0.1, -0.05) is 6.42 Å². The van der Waals surface area contributed by atoms with Gasteiger partial charge in [0.2, 0.25) is 0 Å². The molecule has 0 atom stereocenters. The second-order valence-corrected chi connectivity index (χ2v) is 8.59. The summed E-state index contributed by atoms with van der Waals surface area (Å²) in [6, 6.07) is 8.85. The fraction of sp³-hybridized carbons (Fsp3) is 0.400. The van der Waals surface area contributed by atoms with Gasteiger partial charge in [0.05, 0.1) is 17.8 Å². The number of ether oxygens (including phenoxy) is 2. The van der Waals surface area contributed by atoms with Crippen molar-refractivity contribution in [2.45, 2.75) is 38.8 Å². The summed E-state index contributed by atoms with van der Waals surface area (Å²) in [4.78, 5) is 31.1. The van der Waals surface area contributed by atoms with Gasteiger partial charge in [-0.25, -0.2) is 9.78 Å². The Morgan fingerprint density at radius 2 is 1.78 bits per heavy atom. The number of alkyl halides is 3. The summed E-state index contributed by atoms with van der Waals surface area (Å²) >= 11 is 0. The normalized spacial score (nSPS) is 14.7. The van der Waals surface area contributed by atoms with Gasteiger partial charge in [0.1, 0.15) is 17.0 Å². The third-order valence-electron chi connectivity index (χ3n) is 6.01. The molecule has 36 heavy (non-hydrogen) atoms. The second kappa shape index (κ2) is 10.6. The highest BCUT2D eigenvalue weighted by molar-refractivity contribution is 5.89. The second-order valence-electron chi connectivity index (χ2n) is 8.59. The molecule has 3 aromatic rings. The molecule has 11 heteroatoms. The topological polar surface area (TPSA) is 93.9 Å². The maximum Gasteiger partial charge on any atom is 0.491 e. The van der Waals surface area contributed by atoms with Crippen LogP contribution in [0, 0.1) is 6.92 Å². The number of hydrogen-bond donors (Lipinski definition) is 1. The van der Waals surface area contributed by atoms with Crippen LogP contribution >= 0.6 is 0 Å². The van der Waals surface area contributed by atoms with E-state index >= 15 is 0 Å². The van der Waals surface area contributed by atoms with Gasteiger partial charge in [-0.05, 0) is 75.7 Å². The van der Waals surface area contributed by atoms with Crippen LogP contribution in [0.4, 0.5) is 13.2 Å². The fourth-order valence-electron chi connectivity index (χ4n) is 4.25. The van der Waals surface area contributed by atoms with Gasteiger partial charge in [-0.15, -0.1) is 0 Å². The van der Waals surface area contributed by atoms with E-state index in [4.69, 9.17) is 4.74 Å². The number of likely N-dealkylation sites (tertiary alicyclic amines) is 1. The molecule has 2 aromatic carbocycles. The number of phenolic OH excluding ortho intramolecular Hbond substituents is 1. The summed E-state index contributed by atoms with van der Waals surface area (Å²) in [7, 11) is 0. The van der Waals surface area contributed by atoms with Crippen molar-refractivity contribution >= 4 is 16.9 Å². The van der Waals surface area contributed by atoms with Crippen LogP contribution in [0.5, 0.6) is 17.2 Å². The molecule has 2 heterocycles. The fourth-order valence-corrected chi connectivity index (χ4v) is 4.25. The molecule has 1 fully saturated rings. The van der Waals surface area contributed by atoms with Gasteiger partial charge in [0.15, 0.2) is 11.5 Å². The van der Waals surface area contributed by atoms with Crippen molar-refractivity contribution < 1.29 is 32.5 Å². The van der Waals surface area contributed by atoms with Gasteiger partial charge in [0.25, 0.3) is 5.56 Å². The first-order valence-electron chi connectivity index (χ1n) is 11.6. The first kappa shape index (κ1) is 25.5. The van der Waals surface area contributed by atoms with Crippen molar-refractivity contribution in [1.82, 2.24) is 14.5 Å². The highest BCUT2D eigenvalue weighted by Crippen LogP contribution is 2.33. The minimum atomic E-state index is -5.26. The maximum absolute atomic E-state index is 13.2. The summed E-state index contributed by atoms with van der Waals surface area (Å²) < 4.78 is 49.0. The van der Waals surface area contributed by atoms with Crippen molar-refractivity contribution in [3.63, 3.8) is 0 Å². The number of aryl methyl sites for hydroxylation is 1. The Hall–Kier alpha value is -3.60. The van der Waals surface area contributed by atoms with Crippen LogP contribution in [0.25, 0.3) is 16.6 Å². The molecule has 0 unspecified atom stereocenters. The molecule has 0 saturated carbocycles. The predicted molar refractivity (Wildman–Crippen MR) is 126 cm³/mol. The lowest BCUT2D eigenvalue weighted by atomic mass is 10.1. The molecular weight excluding hydrogens is 479 g/mol. The van der Waals surface area contributed by atoms with E-state index in [0.29, 0.717) is 23.9 Å². The number of hydrogen-bond acceptors (Lipinski definition) is 7. The van der Waals surface area contributed by atoms with Crippen molar-refractivity contribution in [3.05, 3.63) is 52.6 Å². The minimum absolute atomic E-state index is 0.0479. The first-order chi connectivity index (χ1) is 17.1. The van der Waals surface area contributed by atoms with Gasteiger partial charge < -0.3 is 19.5 Å². The highest BCUT2D eigenvalue weighted by atomic mass is 19.4. The Labute approximate surface area is 204 Å². The Bertz CT molecular complexity index is 1300. The Morgan fingerprint density at radius 3 is 2.44 bits per heavy atom. The minimum Gasteiger partial charge on any atom is -0.504 e. The molecule has 4 rings (SSSR count). The summed E-state index contributed by atoms with van der Waals surface area (Å²) in [5, 5.41) is 10.1. The zero-order chi connectivity index (χ0) is 25.9. The van der Waals surface area contributed by atoms with Crippen LogP contribution in [0.15, 0.2) is 41.2 Å². The van der Waals surface area contributed by atoms with E-state index in [1.54, 1.807) is 31.2 Å². The van der Waals surface area contributed by atoms with Gasteiger partial charge in [-0.3, -0.25) is 9.36 Å². The maximum atomic E-state index is 13.2. The van der Waals surface area contributed by atoms with Gasteiger partial charge in [-0.2, -0.15) is 13.2 Å². The van der Waals surface area contributed by atoms with Crippen LogP contribution < -0.4 is 15.0 Å². The Balaban J connectivity index is 1.52. The summed E-state index contributed by atoms with van der Waals surface area (Å²) in [6.45, 7) is 5.38. The SMILES string of the molecule is Cc1nc2ccc(OC(=O)C(F)(F)F)c(O)c2c(=O)n1-c1ccc(OCCCN2CCCCC2)cc1. The van der Waals surface area contributed by atoms with Gasteiger partial charge >= 0.3 is 12.1 Å². The summed E-state index contributed by atoms with van der Waals surface area (Å²) in [6.07, 6.45) is -0.591. The van der Waals surface area contributed by atoms with Gasteiger partial charge in [0, 0.05) is 6.54 Å². The average Bonchev–Trinajstić information content (AvgIpc) is 2.84. The summed E-state index contributed by atoms with van der Waals surface area (Å²) in [5.74, 6) is -3.27. The number of halogens is 3. The molecule has 0 aliphatic carbocycles. The molecule has 0 spiro atoms. The zero-order valence-electron chi connectivity index (χ0n) is 19.7. The number of phenols is 1. The molecule has 0 amide bonds. The predicted octanol–water partition coefficient (Wildman–Crippen LogP) is 4.12. The molecule has 1 aromatic heterocycles. The zero-order valence-corrected chi connectivity index (χ0v) is 19.7. The lowest BCUT2D eigenvalue weighted by molar-refractivity contribution is -0.189. The quantitative estimate of drug-likeness (QED) is 0.293.